The molecule has 1 aromatic heterocycles. The Labute approximate surface area is 148 Å². The molecule has 0 aliphatic heterocycles. The molecule has 0 spiro atoms. The zero-order valence-electron chi connectivity index (χ0n) is 12.0. The topological polar surface area (TPSA) is 92.8 Å². The number of carbonyl (C=O) groups excluding carboxylic acids is 2. The summed E-state index contributed by atoms with van der Waals surface area (Å²) >= 11 is 0. The van der Waals surface area contributed by atoms with E-state index in [2.05, 4.69) is 29.2 Å². The van der Waals surface area contributed by atoms with Crippen molar-refractivity contribution in [3.8, 4) is 0 Å². The quantitative estimate of drug-likeness (QED) is 0.392. The first kappa shape index (κ1) is 20.5. The normalized spacial score (nSPS) is 8.35. The molecule has 23 heavy (non-hydrogen) atoms. The Bertz CT molecular complexity index is 574. The summed E-state index contributed by atoms with van der Waals surface area (Å²) in [6.07, 6.45) is 0. The van der Waals surface area contributed by atoms with Crippen molar-refractivity contribution in [1.29, 1.82) is 0 Å². The van der Waals surface area contributed by atoms with Crippen LogP contribution in [0.3, 0.4) is 0 Å². The minimum Gasteiger partial charge on any atom is -0.999 e. The van der Waals surface area contributed by atoms with Crippen LogP contribution in [0.25, 0.3) is 0 Å². The second-order valence-electron chi connectivity index (χ2n) is 3.71. The van der Waals surface area contributed by atoms with E-state index in [1.807, 2.05) is 30.3 Å². The van der Waals surface area contributed by atoms with Gasteiger partial charge >= 0.3 is 11.9 Å². The molecule has 0 atom stereocenters. The van der Waals surface area contributed by atoms with Gasteiger partial charge < -0.3 is 40.5 Å². The molecule has 0 radical (unpaired) electrons. The zero-order valence-corrected chi connectivity index (χ0v) is 13.5. The van der Waals surface area contributed by atoms with Crippen LogP contribution in [0.2, 0.25) is 0 Å². The third kappa shape index (κ3) is 9.19. The van der Waals surface area contributed by atoms with Gasteiger partial charge in [0.2, 0.25) is 11.4 Å². The van der Waals surface area contributed by atoms with Crippen LogP contribution in [0.4, 0.5) is 0 Å². The van der Waals surface area contributed by atoms with Crippen molar-refractivity contribution in [2.24, 2.45) is 0 Å². The summed E-state index contributed by atoms with van der Waals surface area (Å²) in [6.45, 7) is 0. The van der Waals surface area contributed by atoms with Gasteiger partial charge in [0.05, 0.1) is 0 Å². The van der Waals surface area contributed by atoms with Gasteiger partial charge in [-0.2, -0.15) is 18.2 Å². The molecular weight excluding hydrogens is 330 g/mol. The SMILES string of the molecule is O=C([OH2+])c1cccc(C(=O)[OH2+])n1.[Ti].[c-]1[c-][c-][cH-][c-]1.c1cc[cH-]c1. The van der Waals surface area contributed by atoms with Crippen molar-refractivity contribution in [3.05, 3.63) is 90.3 Å². The van der Waals surface area contributed by atoms with Crippen LogP contribution in [0.5, 0.6) is 0 Å². The molecule has 3 rings (SSSR count). The first-order valence-corrected chi connectivity index (χ1v) is 6.09. The Morgan fingerprint density at radius 1 is 0.913 bits per heavy atom. The molecule has 0 aliphatic rings. The number of carbonyl (C=O) groups is 2. The van der Waals surface area contributed by atoms with Crippen LogP contribution in [0.15, 0.2) is 54.6 Å². The third-order valence-electron chi connectivity index (χ3n) is 2.12. The van der Waals surface area contributed by atoms with E-state index in [9.17, 15) is 9.59 Å². The van der Waals surface area contributed by atoms with Crippen LogP contribution < -0.4 is 0 Å². The van der Waals surface area contributed by atoms with Gasteiger partial charge in [-0.25, -0.2) is 17.1 Å². The molecule has 0 saturated heterocycles. The fourth-order valence-corrected chi connectivity index (χ4v) is 1.19. The molecule has 3 aromatic rings. The second-order valence-corrected chi connectivity index (χ2v) is 3.71. The van der Waals surface area contributed by atoms with Gasteiger partial charge in [0.1, 0.15) is 0 Å². The number of aromatic nitrogens is 1. The molecule has 0 unspecified atom stereocenters. The smallest absolute Gasteiger partial charge is 0.567 e. The Morgan fingerprint density at radius 3 is 1.65 bits per heavy atom. The van der Waals surface area contributed by atoms with Gasteiger partial charge in [0.25, 0.3) is 0 Å². The van der Waals surface area contributed by atoms with Crippen molar-refractivity contribution in [2.75, 3.05) is 0 Å². The van der Waals surface area contributed by atoms with Crippen LogP contribution in [0, 0.1) is 24.3 Å². The minimum absolute atomic E-state index is 0. The largest absolute Gasteiger partial charge is 0.999 e. The second kappa shape index (κ2) is 12.1. The van der Waals surface area contributed by atoms with Crippen molar-refractivity contribution < 1.29 is 41.5 Å². The average molecular weight is 343 g/mol. The Hall–Kier alpha value is -2.50. The summed E-state index contributed by atoms with van der Waals surface area (Å²) in [5.74, 6) is -1.92. The number of nitrogens with zero attached hydrogens (tertiary/aromatic N) is 1. The van der Waals surface area contributed by atoms with Crippen LogP contribution in [-0.2, 0) is 21.7 Å². The Kier molecular flexibility index (Phi) is 10.8. The predicted molar refractivity (Wildman–Crippen MR) is 79.5 cm³/mol. The number of pyridine rings is 1. The van der Waals surface area contributed by atoms with Crippen molar-refractivity contribution >= 4 is 11.9 Å². The molecular formula is C17H13NO4Ti-4. The standard InChI is InChI=1S/C7H5NO4.C5H5.C5H.Ti/c9-6(10)4-2-1-3-5(8-4)7(11)12;2*1-2-4-5-3-1;/h1-3H,(H,9,10)(H,11,12);1-5H;1H;/q;-1;-5;/p+2. The molecule has 0 aliphatic carbocycles. The first-order valence-electron chi connectivity index (χ1n) is 6.09. The molecule has 1 heterocycles. The molecule has 6 heteroatoms. The molecule has 0 amide bonds. The number of hydrogen-bond acceptors (Lipinski definition) is 3. The summed E-state index contributed by atoms with van der Waals surface area (Å²) in [6, 6.07) is 26.1. The van der Waals surface area contributed by atoms with E-state index in [0.29, 0.717) is 0 Å². The molecule has 0 saturated carbocycles. The predicted octanol–water partition coefficient (Wildman–Crippen LogP) is 0.820. The minimum atomic E-state index is -0.960. The van der Waals surface area contributed by atoms with E-state index in [4.69, 9.17) is 10.2 Å². The number of hydrogen-bond donors (Lipinski definition) is 0. The maximum Gasteiger partial charge on any atom is 0.567 e. The molecule has 0 fully saturated rings. The van der Waals surface area contributed by atoms with Gasteiger partial charge in [-0.3, -0.25) is 0 Å². The molecule has 0 bridgehead atoms. The average Bonchev–Trinajstić information content (AvgIpc) is 3.25. The fraction of sp³-hybridized carbons (Fsp3) is 0. The Morgan fingerprint density at radius 2 is 1.39 bits per heavy atom. The summed E-state index contributed by atoms with van der Waals surface area (Å²) < 4.78 is 0. The summed E-state index contributed by atoms with van der Waals surface area (Å²) in [5, 5.41) is 13.4. The van der Waals surface area contributed by atoms with Gasteiger partial charge in [-0.05, 0) is 12.1 Å². The van der Waals surface area contributed by atoms with Gasteiger partial charge in [0, 0.05) is 31.3 Å². The maximum absolute atomic E-state index is 10.5. The third-order valence-corrected chi connectivity index (χ3v) is 2.12. The van der Waals surface area contributed by atoms with Crippen molar-refractivity contribution in [1.82, 2.24) is 4.98 Å². The van der Waals surface area contributed by atoms with Crippen LogP contribution >= 0.6 is 0 Å². The van der Waals surface area contributed by atoms with E-state index >= 15 is 0 Å². The molecule has 5 nitrogen and oxygen atoms in total. The van der Waals surface area contributed by atoms with Crippen molar-refractivity contribution in [3.63, 3.8) is 0 Å². The van der Waals surface area contributed by atoms with Gasteiger partial charge in [-0.1, -0.05) is 6.07 Å². The van der Waals surface area contributed by atoms with E-state index in [1.54, 1.807) is 6.07 Å². The molecule has 2 aromatic carbocycles. The number of rotatable bonds is 2. The van der Waals surface area contributed by atoms with Gasteiger partial charge in [-0.15, -0.1) is 0 Å². The summed E-state index contributed by atoms with van der Waals surface area (Å²) in [7, 11) is 0. The molecule has 118 valence electrons. The maximum atomic E-state index is 10.5. The fourth-order valence-electron chi connectivity index (χ4n) is 1.19. The van der Waals surface area contributed by atoms with E-state index < -0.39 is 11.9 Å². The van der Waals surface area contributed by atoms with Gasteiger partial charge in [0.15, 0.2) is 0 Å². The van der Waals surface area contributed by atoms with E-state index in [0.717, 1.165) is 0 Å². The van der Waals surface area contributed by atoms with Crippen LogP contribution in [-0.4, -0.2) is 27.1 Å². The van der Waals surface area contributed by atoms with Crippen LogP contribution in [0.1, 0.15) is 21.0 Å². The Balaban J connectivity index is 0.000000362. The van der Waals surface area contributed by atoms with E-state index in [1.165, 1.54) is 18.2 Å². The molecule has 4 N–H and O–H groups in total. The van der Waals surface area contributed by atoms with Crippen molar-refractivity contribution in [2.45, 2.75) is 0 Å². The summed E-state index contributed by atoms with van der Waals surface area (Å²) in [4.78, 5) is 24.4. The zero-order chi connectivity index (χ0) is 16.2. The monoisotopic (exact) mass is 343 g/mol. The van der Waals surface area contributed by atoms with E-state index in [-0.39, 0.29) is 33.1 Å². The first-order chi connectivity index (χ1) is 10.6. The summed E-state index contributed by atoms with van der Waals surface area (Å²) in [5.41, 5.74) is -0.235.